The number of halogens is 8. The lowest BCUT2D eigenvalue weighted by molar-refractivity contribution is -0.137. The predicted octanol–water partition coefficient (Wildman–Crippen LogP) is 8.10. The van der Waals surface area contributed by atoms with Crippen LogP contribution in [0, 0.1) is 11.7 Å². The maximum atomic E-state index is 13.2. The van der Waals surface area contributed by atoms with E-state index in [-0.39, 0.29) is 39.1 Å². The molecule has 36 heavy (non-hydrogen) atoms. The average molecular weight is 579 g/mol. The molecule has 0 radical (unpaired) electrons. The Morgan fingerprint density at radius 2 is 1.61 bits per heavy atom. The van der Waals surface area contributed by atoms with Gasteiger partial charge in [-0.15, -0.1) is 23.2 Å². The molecular weight excluding hydrogens is 564 g/mol. The van der Waals surface area contributed by atoms with E-state index >= 15 is 0 Å². The number of anilines is 1. The van der Waals surface area contributed by atoms with Crippen molar-refractivity contribution in [3.05, 3.63) is 98.8 Å². The van der Waals surface area contributed by atoms with Crippen molar-refractivity contribution in [2.45, 2.75) is 22.8 Å². The lowest BCUT2D eigenvalue weighted by Crippen LogP contribution is -2.17. The van der Waals surface area contributed by atoms with Gasteiger partial charge in [-0.3, -0.25) is 9.59 Å². The Morgan fingerprint density at radius 3 is 2.25 bits per heavy atom. The van der Waals surface area contributed by atoms with Crippen molar-refractivity contribution in [1.29, 1.82) is 0 Å². The zero-order valence-corrected chi connectivity index (χ0v) is 21.0. The summed E-state index contributed by atoms with van der Waals surface area (Å²) >= 11 is 24.6. The van der Waals surface area contributed by atoms with Gasteiger partial charge in [-0.2, -0.15) is 13.2 Å². The minimum absolute atomic E-state index is 0.0507. The van der Waals surface area contributed by atoms with Gasteiger partial charge in [0.15, 0.2) is 5.78 Å². The molecule has 3 aromatic carbocycles. The zero-order valence-electron chi connectivity index (χ0n) is 18.0. The molecule has 3 aromatic rings. The van der Waals surface area contributed by atoms with Gasteiger partial charge in [0, 0.05) is 28.6 Å². The van der Waals surface area contributed by atoms with Gasteiger partial charge in [-0.05, 0) is 59.7 Å². The number of Topliss-reactive ketones (excluding diaryl/α,β-unsaturated/α-hetero) is 1. The van der Waals surface area contributed by atoms with Crippen LogP contribution in [-0.2, 0) is 17.4 Å². The molecule has 1 saturated carbocycles. The van der Waals surface area contributed by atoms with Crippen molar-refractivity contribution < 1.29 is 27.2 Å². The van der Waals surface area contributed by atoms with E-state index in [4.69, 9.17) is 46.4 Å². The maximum absolute atomic E-state index is 13.2. The van der Waals surface area contributed by atoms with E-state index in [1.54, 1.807) is 0 Å². The van der Waals surface area contributed by atoms with Gasteiger partial charge in [0.25, 0.3) is 0 Å². The van der Waals surface area contributed by atoms with Crippen molar-refractivity contribution in [2.75, 3.05) is 5.32 Å². The van der Waals surface area contributed by atoms with Crippen LogP contribution >= 0.6 is 46.4 Å². The zero-order chi connectivity index (χ0) is 26.4. The summed E-state index contributed by atoms with van der Waals surface area (Å²) in [7, 11) is 0. The van der Waals surface area contributed by atoms with E-state index in [2.05, 4.69) is 5.32 Å². The highest BCUT2D eigenvalue weighted by Crippen LogP contribution is 2.65. The van der Waals surface area contributed by atoms with Crippen LogP contribution in [0.3, 0.4) is 0 Å². The molecule has 3 nitrogen and oxygen atoms in total. The Labute approximate surface area is 223 Å². The number of carbonyl (C=O) groups is 2. The molecule has 0 heterocycles. The van der Waals surface area contributed by atoms with E-state index in [0.29, 0.717) is 5.56 Å². The van der Waals surface area contributed by atoms with Gasteiger partial charge >= 0.3 is 6.18 Å². The molecule has 2 atom stereocenters. The normalized spacial score (nSPS) is 18.6. The first-order valence-corrected chi connectivity index (χ1v) is 11.9. The van der Waals surface area contributed by atoms with Crippen LogP contribution in [0.4, 0.5) is 23.2 Å². The predicted molar refractivity (Wildman–Crippen MR) is 132 cm³/mol. The molecule has 0 saturated heterocycles. The van der Waals surface area contributed by atoms with E-state index in [0.717, 1.165) is 12.1 Å². The van der Waals surface area contributed by atoms with Gasteiger partial charge in [-0.25, -0.2) is 4.39 Å². The van der Waals surface area contributed by atoms with Crippen LogP contribution < -0.4 is 5.32 Å². The second kappa shape index (κ2) is 9.86. The summed E-state index contributed by atoms with van der Waals surface area (Å²) in [4.78, 5) is 25.7. The standard InChI is InChI=1S/C25H15Cl4F4NO2/c26-15-9-13(8-14(10-15)25(31,32)33)21-22(24(21,28)29)23(36)34-17-5-6-19(27)18(11-17)20(35)7-12-1-3-16(30)4-2-12/h1-6,8-11,21-22H,7H2,(H,34,36). The van der Waals surface area contributed by atoms with Crippen LogP contribution in [-0.4, -0.2) is 16.0 Å². The lowest BCUT2D eigenvalue weighted by atomic mass is 10.0. The molecule has 1 N–H and O–H groups in total. The highest BCUT2D eigenvalue weighted by molar-refractivity contribution is 6.53. The number of ketones is 1. The third kappa shape index (κ3) is 5.65. The molecule has 1 aliphatic carbocycles. The number of carbonyl (C=O) groups excluding carboxylic acids is 2. The highest BCUT2D eigenvalue weighted by Gasteiger charge is 2.67. The summed E-state index contributed by atoms with van der Waals surface area (Å²) in [6.45, 7) is 0. The Hall–Kier alpha value is -2.32. The van der Waals surface area contributed by atoms with Crippen LogP contribution in [0.25, 0.3) is 0 Å². The fraction of sp³-hybridized carbons (Fsp3) is 0.200. The quantitative estimate of drug-likeness (QED) is 0.182. The molecule has 1 aliphatic rings. The number of benzene rings is 3. The van der Waals surface area contributed by atoms with Crippen molar-refractivity contribution >= 4 is 63.8 Å². The van der Waals surface area contributed by atoms with Gasteiger partial charge in [-0.1, -0.05) is 35.3 Å². The van der Waals surface area contributed by atoms with Crippen LogP contribution in [0.1, 0.15) is 33.0 Å². The topological polar surface area (TPSA) is 46.2 Å². The fourth-order valence-corrected chi connectivity index (χ4v) is 5.24. The minimum atomic E-state index is -4.65. The SMILES string of the molecule is O=C(Cc1ccc(F)cc1)c1cc(NC(=O)C2C(c3cc(Cl)cc(C(F)(F)F)c3)C2(Cl)Cl)ccc1Cl. The first kappa shape index (κ1) is 26.7. The van der Waals surface area contributed by atoms with Crippen molar-refractivity contribution in [3.8, 4) is 0 Å². The summed E-state index contributed by atoms with van der Waals surface area (Å²) in [5.74, 6) is -3.47. The van der Waals surface area contributed by atoms with Gasteiger partial charge in [0.2, 0.25) is 5.91 Å². The van der Waals surface area contributed by atoms with Crippen molar-refractivity contribution in [3.63, 3.8) is 0 Å². The largest absolute Gasteiger partial charge is 0.416 e. The van der Waals surface area contributed by atoms with E-state index in [1.807, 2.05) is 0 Å². The van der Waals surface area contributed by atoms with Crippen molar-refractivity contribution in [1.82, 2.24) is 0 Å². The number of hydrogen-bond donors (Lipinski definition) is 1. The monoisotopic (exact) mass is 577 g/mol. The lowest BCUT2D eigenvalue weighted by Gasteiger charge is -2.10. The van der Waals surface area contributed by atoms with Crippen molar-refractivity contribution in [2.24, 2.45) is 5.92 Å². The highest BCUT2D eigenvalue weighted by atomic mass is 35.5. The second-order valence-electron chi connectivity index (χ2n) is 8.31. The second-order valence-corrected chi connectivity index (χ2v) is 10.6. The molecule has 4 rings (SSSR count). The Bertz CT molecular complexity index is 1340. The summed E-state index contributed by atoms with van der Waals surface area (Å²) in [6.07, 6.45) is -4.70. The summed E-state index contributed by atoms with van der Waals surface area (Å²) in [5.41, 5.74) is -0.00231. The van der Waals surface area contributed by atoms with Gasteiger partial charge < -0.3 is 5.32 Å². The first-order valence-electron chi connectivity index (χ1n) is 10.4. The Morgan fingerprint density at radius 1 is 0.944 bits per heavy atom. The van der Waals surface area contributed by atoms with E-state index < -0.39 is 39.6 Å². The molecule has 0 aliphatic heterocycles. The van der Waals surface area contributed by atoms with Crippen LogP contribution in [0.5, 0.6) is 0 Å². The molecule has 0 bridgehead atoms. The third-order valence-corrected chi connectivity index (χ3v) is 7.24. The average Bonchev–Trinajstić information content (AvgIpc) is 3.37. The maximum Gasteiger partial charge on any atom is 0.416 e. The summed E-state index contributed by atoms with van der Waals surface area (Å²) in [6, 6.07) is 12.6. The smallest absolute Gasteiger partial charge is 0.326 e. The summed E-state index contributed by atoms with van der Waals surface area (Å²) in [5, 5.41) is 2.57. The van der Waals surface area contributed by atoms with Gasteiger partial charge in [0.05, 0.1) is 16.5 Å². The van der Waals surface area contributed by atoms with E-state index in [9.17, 15) is 27.2 Å². The molecule has 1 amide bonds. The number of amides is 1. The number of nitrogens with one attached hydrogen (secondary N) is 1. The Balaban J connectivity index is 1.52. The first-order chi connectivity index (χ1) is 16.8. The molecule has 2 unspecified atom stereocenters. The minimum Gasteiger partial charge on any atom is -0.326 e. The fourth-order valence-electron chi connectivity index (χ4n) is 3.94. The Kier molecular flexibility index (Phi) is 7.32. The van der Waals surface area contributed by atoms with Crippen LogP contribution in [0.15, 0.2) is 60.7 Å². The molecule has 1 fully saturated rings. The number of rotatable bonds is 6. The third-order valence-electron chi connectivity index (χ3n) is 5.75. The van der Waals surface area contributed by atoms with Crippen LogP contribution in [0.2, 0.25) is 10.0 Å². The molecule has 188 valence electrons. The molecule has 0 spiro atoms. The molecule has 0 aromatic heterocycles. The number of hydrogen-bond acceptors (Lipinski definition) is 2. The number of alkyl halides is 5. The molecule has 11 heteroatoms. The van der Waals surface area contributed by atoms with Gasteiger partial charge in [0.1, 0.15) is 10.2 Å². The molecular formula is C25H15Cl4F4NO2. The summed E-state index contributed by atoms with van der Waals surface area (Å²) < 4.78 is 51.1. The van der Waals surface area contributed by atoms with E-state index in [1.165, 1.54) is 48.5 Å².